The Bertz CT molecular complexity index is 774. The van der Waals surface area contributed by atoms with E-state index in [2.05, 4.69) is 4.98 Å². The van der Waals surface area contributed by atoms with E-state index in [1.165, 1.54) is 32.1 Å². The number of aromatic nitrogens is 1. The number of carbonyl (C=O) groups is 2. The second kappa shape index (κ2) is 11.1. The molecule has 2 amide bonds. The molecule has 0 spiro atoms. The monoisotopic (exact) mass is 461 g/mol. The van der Waals surface area contributed by atoms with Gasteiger partial charge in [-0.3, -0.25) is 9.88 Å². The molecule has 2 heterocycles. The van der Waals surface area contributed by atoms with E-state index in [4.69, 9.17) is 14.2 Å². The average molecular weight is 462 g/mol. The van der Waals surface area contributed by atoms with Crippen LogP contribution in [0.5, 0.6) is 5.75 Å². The van der Waals surface area contributed by atoms with Crippen LogP contribution < -0.4 is 4.74 Å². The quantitative estimate of drug-likeness (QED) is 0.613. The van der Waals surface area contributed by atoms with Gasteiger partial charge in [0, 0.05) is 13.1 Å². The van der Waals surface area contributed by atoms with Crippen molar-refractivity contribution in [2.75, 3.05) is 19.7 Å². The van der Waals surface area contributed by atoms with E-state index in [0.29, 0.717) is 24.7 Å². The van der Waals surface area contributed by atoms with Crippen molar-refractivity contribution in [1.29, 1.82) is 0 Å². The zero-order valence-electron chi connectivity index (χ0n) is 20.7. The van der Waals surface area contributed by atoms with Crippen molar-refractivity contribution in [2.45, 2.75) is 91.0 Å². The Morgan fingerprint density at radius 3 is 2.27 bits per heavy atom. The fourth-order valence-corrected chi connectivity index (χ4v) is 4.52. The Morgan fingerprint density at radius 2 is 1.70 bits per heavy atom. The van der Waals surface area contributed by atoms with Crippen LogP contribution in [0.3, 0.4) is 0 Å². The third-order valence-corrected chi connectivity index (χ3v) is 6.13. The van der Waals surface area contributed by atoms with Crippen LogP contribution in [0.15, 0.2) is 18.3 Å². The average Bonchev–Trinajstić information content (AvgIpc) is 2.76. The maximum Gasteiger partial charge on any atom is 0.410 e. The molecule has 1 aliphatic carbocycles. The summed E-state index contributed by atoms with van der Waals surface area (Å²) in [5.74, 6) is 1.38. The smallest absolute Gasteiger partial charge is 0.410 e. The molecule has 184 valence electrons. The van der Waals surface area contributed by atoms with Gasteiger partial charge in [-0.1, -0.05) is 19.3 Å². The molecular formula is C25H39N3O5. The third-order valence-electron chi connectivity index (χ3n) is 6.13. The van der Waals surface area contributed by atoms with Gasteiger partial charge < -0.3 is 19.1 Å². The van der Waals surface area contributed by atoms with E-state index < -0.39 is 11.7 Å². The van der Waals surface area contributed by atoms with Crippen molar-refractivity contribution in [1.82, 2.24) is 14.8 Å². The number of hydrogen-bond acceptors (Lipinski definition) is 6. The molecule has 2 fully saturated rings. The van der Waals surface area contributed by atoms with Gasteiger partial charge in [0.15, 0.2) is 0 Å². The normalized spacial score (nSPS) is 22.1. The third kappa shape index (κ3) is 7.51. The van der Waals surface area contributed by atoms with Crippen LogP contribution in [0.25, 0.3) is 0 Å². The SMILES string of the molecule is C[C@@H]1CN(C(=O)OC(C)(C)C)C[C@H](C)N1C(=O)OCc1ccc(OCC2CCCCC2)cn1. The lowest BCUT2D eigenvalue weighted by Crippen LogP contribution is -2.60. The van der Waals surface area contributed by atoms with Gasteiger partial charge >= 0.3 is 12.2 Å². The summed E-state index contributed by atoms with van der Waals surface area (Å²) in [6, 6.07) is 3.34. The minimum Gasteiger partial charge on any atom is -0.492 e. The molecule has 8 heteroatoms. The number of pyridine rings is 1. The topological polar surface area (TPSA) is 81.2 Å². The van der Waals surface area contributed by atoms with E-state index in [0.717, 1.165) is 12.4 Å². The minimum atomic E-state index is -0.552. The molecule has 1 saturated carbocycles. The summed E-state index contributed by atoms with van der Waals surface area (Å²) in [6.07, 6.45) is 7.34. The first-order chi connectivity index (χ1) is 15.6. The van der Waals surface area contributed by atoms with Crippen LogP contribution in [-0.2, 0) is 16.1 Å². The molecule has 8 nitrogen and oxygen atoms in total. The Kier molecular flexibility index (Phi) is 8.43. The van der Waals surface area contributed by atoms with Crippen LogP contribution in [0.4, 0.5) is 9.59 Å². The second-order valence-electron chi connectivity index (χ2n) is 10.3. The zero-order chi connectivity index (χ0) is 24.0. The number of nitrogens with zero attached hydrogens (tertiary/aromatic N) is 3. The summed E-state index contributed by atoms with van der Waals surface area (Å²) in [5.41, 5.74) is 0.115. The van der Waals surface area contributed by atoms with Crippen LogP contribution >= 0.6 is 0 Å². The van der Waals surface area contributed by atoms with E-state index in [9.17, 15) is 9.59 Å². The highest BCUT2D eigenvalue weighted by Gasteiger charge is 2.37. The van der Waals surface area contributed by atoms with E-state index in [-0.39, 0.29) is 24.8 Å². The molecule has 3 rings (SSSR count). The first-order valence-electron chi connectivity index (χ1n) is 12.1. The predicted molar refractivity (Wildman–Crippen MR) is 125 cm³/mol. The van der Waals surface area contributed by atoms with Gasteiger partial charge in [0.2, 0.25) is 0 Å². The molecule has 2 aliphatic rings. The summed E-state index contributed by atoms with van der Waals surface area (Å²) < 4.78 is 16.9. The molecule has 0 N–H and O–H groups in total. The molecule has 0 aromatic carbocycles. The maximum absolute atomic E-state index is 12.8. The van der Waals surface area contributed by atoms with Gasteiger partial charge in [-0.2, -0.15) is 0 Å². The van der Waals surface area contributed by atoms with E-state index in [1.807, 2.05) is 46.8 Å². The van der Waals surface area contributed by atoms with Crippen LogP contribution in [0.2, 0.25) is 0 Å². The van der Waals surface area contributed by atoms with Crippen molar-refractivity contribution in [2.24, 2.45) is 5.92 Å². The maximum atomic E-state index is 12.8. The van der Waals surface area contributed by atoms with Crippen molar-refractivity contribution < 1.29 is 23.8 Å². The molecule has 1 saturated heterocycles. The first kappa shape index (κ1) is 25.1. The molecule has 0 unspecified atom stereocenters. The van der Waals surface area contributed by atoms with Crippen molar-refractivity contribution in [3.63, 3.8) is 0 Å². The number of carbonyl (C=O) groups excluding carboxylic acids is 2. The standard InChI is InChI=1S/C25H39N3O5/c1-18-14-27(23(29)33-25(3,4)5)15-19(2)28(18)24(30)32-17-21-11-12-22(13-26-21)31-16-20-9-7-6-8-10-20/h11-13,18-20H,6-10,14-17H2,1-5H3/t18-,19+. The lowest BCUT2D eigenvalue weighted by Gasteiger charge is -2.43. The molecule has 2 atom stereocenters. The van der Waals surface area contributed by atoms with Gasteiger partial charge in [-0.05, 0) is 65.5 Å². The van der Waals surface area contributed by atoms with E-state index in [1.54, 1.807) is 16.0 Å². The number of amides is 2. The summed E-state index contributed by atoms with van der Waals surface area (Å²) >= 11 is 0. The molecule has 0 radical (unpaired) electrons. The summed E-state index contributed by atoms with van der Waals surface area (Å²) in [6.45, 7) is 11.0. The lowest BCUT2D eigenvalue weighted by molar-refractivity contribution is -0.00985. The fourth-order valence-electron chi connectivity index (χ4n) is 4.52. The van der Waals surface area contributed by atoms with Gasteiger partial charge in [0.05, 0.1) is 30.6 Å². The van der Waals surface area contributed by atoms with Crippen molar-refractivity contribution in [3.8, 4) is 5.75 Å². The fraction of sp³-hybridized carbons (Fsp3) is 0.720. The highest BCUT2D eigenvalue weighted by Crippen LogP contribution is 2.25. The predicted octanol–water partition coefficient (Wildman–Crippen LogP) is 5.01. The van der Waals surface area contributed by atoms with Crippen molar-refractivity contribution >= 4 is 12.2 Å². The number of hydrogen-bond donors (Lipinski definition) is 0. The van der Waals surface area contributed by atoms with Gasteiger partial charge in [0.25, 0.3) is 0 Å². The van der Waals surface area contributed by atoms with Gasteiger partial charge in [-0.15, -0.1) is 0 Å². The summed E-state index contributed by atoms with van der Waals surface area (Å²) in [4.78, 5) is 32.9. The van der Waals surface area contributed by atoms with Crippen LogP contribution in [0.1, 0.15) is 72.4 Å². The Hall–Kier alpha value is -2.51. The van der Waals surface area contributed by atoms with Gasteiger partial charge in [-0.25, -0.2) is 9.59 Å². The van der Waals surface area contributed by atoms with Crippen LogP contribution in [0, 0.1) is 5.92 Å². The highest BCUT2D eigenvalue weighted by atomic mass is 16.6. The molecule has 0 bridgehead atoms. The number of rotatable bonds is 5. The molecular weight excluding hydrogens is 422 g/mol. The van der Waals surface area contributed by atoms with E-state index >= 15 is 0 Å². The summed E-state index contributed by atoms with van der Waals surface area (Å²) in [5, 5.41) is 0. The molecule has 1 aromatic heterocycles. The first-order valence-corrected chi connectivity index (χ1v) is 12.1. The molecule has 1 aromatic rings. The Labute approximate surface area is 197 Å². The largest absolute Gasteiger partial charge is 0.492 e. The second-order valence-corrected chi connectivity index (χ2v) is 10.3. The number of ether oxygens (including phenoxy) is 3. The molecule has 33 heavy (non-hydrogen) atoms. The lowest BCUT2D eigenvalue weighted by atomic mass is 9.90. The van der Waals surface area contributed by atoms with Crippen LogP contribution in [-0.4, -0.2) is 64.4 Å². The zero-order valence-corrected chi connectivity index (χ0v) is 20.7. The Morgan fingerprint density at radius 1 is 1.03 bits per heavy atom. The minimum absolute atomic E-state index is 0.0907. The highest BCUT2D eigenvalue weighted by molar-refractivity contribution is 5.71. The van der Waals surface area contributed by atoms with Crippen molar-refractivity contribution in [3.05, 3.63) is 24.0 Å². The number of piperazine rings is 1. The Balaban J connectivity index is 1.45. The summed E-state index contributed by atoms with van der Waals surface area (Å²) in [7, 11) is 0. The molecule has 1 aliphatic heterocycles. The van der Waals surface area contributed by atoms with Gasteiger partial charge in [0.1, 0.15) is 18.0 Å².